The number of anilines is 1. The van der Waals surface area contributed by atoms with Gasteiger partial charge in [-0.2, -0.15) is 0 Å². The molecule has 0 amide bonds. The molecule has 0 bridgehead atoms. The maximum absolute atomic E-state index is 5.77. The van der Waals surface area contributed by atoms with Crippen molar-refractivity contribution in [2.45, 2.75) is 0 Å². The number of pyridine rings is 1. The van der Waals surface area contributed by atoms with Gasteiger partial charge in [0.2, 0.25) is 0 Å². The number of nitrogens with zero attached hydrogens (tertiary/aromatic N) is 2. The Morgan fingerprint density at radius 2 is 2.27 bits per heavy atom. The Balaban J connectivity index is 2.27. The Kier molecular flexibility index (Phi) is 1.72. The molecule has 5 heteroatoms. The van der Waals surface area contributed by atoms with Crippen molar-refractivity contribution in [1.29, 1.82) is 0 Å². The molecule has 74 valence electrons. The van der Waals surface area contributed by atoms with E-state index in [0.717, 1.165) is 20.7 Å². The van der Waals surface area contributed by atoms with Crippen molar-refractivity contribution < 1.29 is 4.52 Å². The third kappa shape index (κ3) is 1.28. The minimum Gasteiger partial charge on any atom is -0.383 e. The number of fused-ring (bicyclic) bond motifs is 1. The van der Waals surface area contributed by atoms with E-state index < -0.39 is 0 Å². The zero-order valence-corrected chi connectivity index (χ0v) is 8.49. The third-order valence-electron chi connectivity index (χ3n) is 2.17. The van der Waals surface area contributed by atoms with Crippen LogP contribution >= 0.6 is 11.3 Å². The van der Waals surface area contributed by atoms with E-state index in [9.17, 15) is 0 Å². The summed E-state index contributed by atoms with van der Waals surface area (Å²) in [7, 11) is 0. The van der Waals surface area contributed by atoms with Gasteiger partial charge in [-0.25, -0.2) is 4.98 Å². The highest BCUT2D eigenvalue weighted by atomic mass is 32.1. The molecular weight excluding hydrogens is 210 g/mol. The van der Waals surface area contributed by atoms with E-state index in [1.54, 1.807) is 23.8 Å². The van der Waals surface area contributed by atoms with Gasteiger partial charge >= 0.3 is 0 Å². The summed E-state index contributed by atoms with van der Waals surface area (Å²) in [5.41, 5.74) is 6.60. The van der Waals surface area contributed by atoms with Crippen LogP contribution in [0.1, 0.15) is 0 Å². The first kappa shape index (κ1) is 8.43. The Labute approximate surface area is 89.3 Å². The Morgan fingerprint density at radius 3 is 3.00 bits per heavy atom. The summed E-state index contributed by atoms with van der Waals surface area (Å²) in [4.78, 5) is 5.08. The van der Waals surface area contributed by atoms with Crippen LogP contribution in [-0.2, 0) is 0 Å². The van der Waals surface area contributed by atoms with E-state index in [4.69, 9.17) is 10.3 Å². The van der Waals surface area contributed by atoms with E-state index in [2.05, 4.69) is 10.1 Å². The quantitative estimate of drug-likeness (QED) is 0.680. The van der Waals surface area contributed by atoms with Crippen LogP contribution in [0.2, 0.25) is 0 Å². The summed E-state index contributed by atoms with van der Waals surface area (Å²) in [5, 5.41) is 4.86. The van der Waals surface area contributed by atoms with Crippen molar-refractivity contribution in [3.63, 3.8) is 0 Å². The highest BCUT2D eigenvalue weighted by Crippen LogP contribution is 2.34. The summed E-state index contributed by atoms with van der Waals surface area (Å²) >= 11 is 1.63. The normalized spacial score (nSPS) is 10.9. The van der Waals surface area contributed by atoms with Crippen LogP contribution < -0.4 is 5.73 Å². The standard InChI is InChI=1S/C10H7N3OS/c11-10-6-5-9(7-2-4-14-13-7)15-8(6)1-3-12-10/h1-5H,(H2,11,12). The van der Waals surface area contributed by atoms with Gasteiger partial charge in [0.25, 0.3) is 0 Å². The molecule has 0 fully saturated rings. The van der Waals surface area contributed by atoms with Gasteiger partial charge in [0, 0.05) is 22.3 Å². The molecule has 3 rings (SSSR count). The molecule has 0 saturated carbocycles. The summed E-state index contributed by atoms with van der Waals surface area (Å²) in [6, 6.07) is 5.76. The molecule has 3 aromatic rings. The van der Waals surface area contributed by atoms with Crippen LogP contribution in [-0.4, -0.2) is 10.1 Å². The van der Waals surface area contributed by atoms with Gasteiger partial charge in [-0.3, -0.25) is 0 Å². The molecule has 0 saturated heterocycles. The highest BCUT2D eigenvalue weighted by Gasteiger charge is 2.08. The fourth-order valence-corrected chi connectivity index (χ4v) is 2.48. The van der Waals surface area contributed by atoms with Gasteiger partial charge in [-0.1, -0.05) is 5.16 Å². The lowest BCUT2D eigenvalue weighted by atomic mass is 10.2. The average Bonchev–Trinajstić information content (AvgIpc) is 2.86. The first-order valence-electron chi connectivity index (χ1n) is 4.39. The Bertz CT molecular complexity index is 600. The molecule has 0 aliphatic rings. The number of nitrogens with two attached hydrogens (primary N) is 1. The SMILES string of the molecule is Nc1nccc2sc(-c3ccon3)cc12. The van der Waals surface area contributed by atoms with E-state index >= 15 is 0 Å². The zero-order valence-electron chi connectivity index (χ0n) is 7.68. The molecule has 0 aliphatic carbocycles. The largest absolute Gasteiger partial charge is 0.383 e. The molecule has 0 aliphatic heterocycles. The van der Waals surface area contributed by atoms with Gasteiger partial charge < -0.3 is 10.3 Å². The lowest BCUT2D eigenvalue weighted by Crippen LogP contribution is -1.87. The van der Waals surface area contributed by atoms with Crippen LogP contribution in [0, 0.1) is 0 Å². The predicted molar refractivity (Wildman–Crippen MR) is 59.5 cm³/mol. The van der Waals surface area contributed by atoms with E-state index in [1.165, 1.54) is 0 Å². The molecule has 0 atom stereocenters. The summed E-state index contributed by atoms with van der Waals surface area (Å²) in [6.07, 6.45) is 3.27. The maximum atomic E-state index is 5.77. The van der Waals surface area contributed by atoms with Crippen LogP contribution in [0.25, 0.3) is 20.7 Å². The van der Waals surface area contributed by atoms with Crippen molar-refractivity contribution >= 4 is 27.2 Å². The molecule has 2 N–H and O–H groups in total. The summed E-state index contributed by atoms with van der Waals surface area (Å²) in [6.45, 7) is 0. The van der Waals surface area contributed by atoms with E-state index in [1.807, 2.05) is 18.2 Å². The fourth-order valence-electron chi connectivity index (χ4n) is 1.45. The molecule has 3 aromatic heterocycles. The number of thiophene rings is 1. The topological polar surface area (TPSA) is 64.9 Å². The Morgan fingerprint density at radius 1 is 1.33 bits per heavy atom. The molecule has 4 nitrogen and oxygen atoms in total. The number of hydrogen-bond donors (Lipinski definition) is 1. The van der Waals surface area contributed by atoms with Crippen molar-refractivity contribution in [3.8, 4) is 10.6 Å². The fraction of sp³-hybridized carbons (Fsp3) is 0. The van der Waals surface area contributed by atoms with Gasteiger partial charge in [0.15, 0.2) is 0 Å². The van der Waals surface area contributed by atoms with Crippen molar-refractivity contribution in [3.05, 3.63) is 30.7 Å². The zero-order chi connectivity index (χ0) is 10.3. The molecular formula is C10H7N3OS. The summed E-state index contributed by atoms with van der Waals surface area (Å²) < 4.78 is 5.92. The Hall–Kier alpha value is -1.88. The molecule has 0 unspecified atom stereocenters. The van der Waals surface area contributed by atoms with Gasteiger partial charge in [-0.15, -0.1) is 11.3 Å². The first-order valence-corrected chi connectivity index (χ1v) is 5.21. The number of rotatable bonds is 1. The second-order valence-electron chi connectivity index (χ2n) is 3.10. The van der Waals surface area contributed by atoms with Crippen LogP contribution in [0.15, 0.2) is 35.2 Å². The molecule has 0 spiro atoms. The minimum absolute atomic E-state index is 0.554. The number of hydrogen-bond acceptors (Lipinski definition) is 5. The van der Waals surface area contributed by atoms with Gasteiger partial charge in [0.1, 0.15) is 17.8 Å². The van der Waals surface area contributed by atoms with Crippen molar-refractivity contribution in [1.82, 2.24) is 10.1 Å². The van der Waals surface area contributed by atoms with E-state index in [-0.39, 0.29) is 0 Å². The van der Waals surface area contributed by atoms with Crippen LogP contribution in [0.3, 0.4) is 0 Å². The third-order valence-corrected chi connectivity index (χ3v) is 3.29. The van der Waals surface area contributed by atoms with E-state index in [0.29, 0.717) is 5.82 Å². The van der Waals surface area contributed by atoms with Gasteiger partial charge in [0.05, 0.1) is 4.88 Å². The molecule has 3 heterocycles. The second-order valence-corrected chi connectivity index (χ2v) is 4.19. The second kappa shape index (κ2) is 3.06. The lowest BCUT2D eigenvalue weighted by Gasteiger charge is -1.91. The van der Waals surface area contributed by atoms with Crippen molar-refractivity contribution in [2.75, 3.05) is 5.73 Å². The highest BCUT2D eigenvalue weighted by molar-refractivity contribution is 7.22. The smallest absolute Gasteiger partial charge is 0.132 e. The van der Waals surface area contributed by atoms with Gasteiger partial charge in [-0.05, 0) is 12.1 Å². The van der Waals surface area contributed by atoms with Crippen molar-refractivity contribution in [2.24, 2.45) is 0 Å². The molecule has 0 radical (unpaired) electrons. The lowest BCUT2D eigenvalue weighted by molar-refractivity contribution is 0.422. The van der Waals surface area contributed by atoms with Crippen LogP contribution in [0.5, 0.6) is 0 Å². The predicted octanol–water partition coefficient (Wildman–Crippen LogP) is 2.53. The number of nitrogen functional groups attached to an aromatic ring is 1. The van der Waals surface area contributed by atoms with Crippen LogP contribution in [0.4, 0.5) is 5.82 Å². The first-order chi connectivity index (χ1) is 7.34. The maximum Gasteiger partial charge on any atom is 0.132 e. The average molecular weight is 217 g/mol. The minimum atomic E-state index is 0.554. The summed E-state index contributed by atoms with van der Waals surface area (Å²) in [5.74, 6) is 0.554. The molecule has 15 heavy (non-hydrogen) atoms. The molecule has 0 aromatic carbocycles. The monoisotopic (exact) mass is 217 g/mol. The number of aromatic nitrogens is 2.